The molecule has 1 saturated heterocycles. The molecule has 3 nitrogen and oxygen atoms in total. The fourth-order valence-corrected chi connectivity index (χ4v) is 3.30. The molecule has 0 radical (unpaired) electrons. The first-order chi connectivity index (χ1) is 9.24. The number of aliphatic hydroxyl groups is 1. The molecule has 3 rings (SSSR count). The Morgan fingerprint density at radius 3 is 2.58 bits per heavy atom. The first-order valence-corrected chi connectivity index (χ1v) is 7.26. The van der Waals surface area contributed by atoms with Crippen LogP contribution in [-0.2, 0) is 9.47 Å². The molecule has 104 valence electrons. The summed E-state index contributed by atoms with van der Waals surface area (Å²) in [6, 6.07) is 8.21. The summed E-state index contributed by atoms with van der Waals surface area (Å²) in [6.45, 7) is 2.10. The van der Waals surface area contributed by atoms with E-state index in [1.165, 1.54) is 12.0 Å². The Bertz CT molecular complexity index is 437. The van der Waals surface area contributed by atoms with Crippen LogP contribution in [0.5, 0.6) is 0 Å². The van der Waals surface area contributed by atoms with Gasteiger partial charge in [-0.25, -0.2) is 0 Å². The van der Waals surface area contributed by atoms with Gasteiger partial charge in [0.2, 0.25) is 0 Å². The molecular formula is C16H22O3. The molecule has 2 atom stereocenters. The van der Waals surface area contributed by atoms with Crippen LogP contribution in [0.4, 0.5) is 0 Å². The summed E-state index contributed by atoms with van der Waals surface area (Å²) in [7, 11) is 0. The van der Waals surface area contributed by atoms with Crippen molar-refractivity contribution in [2.75, 3.05) is 6.61 Å². The summed E-state index contributed by atoms with van der Waals surface area (Å²) in [5.74, 6) is -0.446. The van der Waals surface area contributed by atoms with Crippen molar-refractivity contribution in [2.24, 2.45) is 0 Å². The maximum Gasteiger partial charge on any atom is 0.169 e. The van der Waals surface area contributed by atoms with Crippen LogP contribution in [0.3, 0.4) is 0 Å². The van der Waals surface area contributed by atoms with E-state index in [-0.39, 0.29) is 18.8 Å². The zero-order valence-corrected chi connectivity index (χ0v) is 11.5. The fraction of sp³-hybridized carbons (Fsp3) is 0.625. The number of aliphatic hydroxyl groups excluding tert-OH is 1. The van der Waals surface area contributed by atoms with Gasteiger partial charge in [-0.3, -0.25) is 0 Å². The molecule has 2 aliphatic rings. The lowest BCUT2D eigenvalue weighted by atomic mass is 9.94. The highest BCUT2D eigenvalue weighted by molar-refractivity contribution is 5.29. The number of aryl methyl sites for hydroxylation is 1. The summed E-state index contributed by atoms with van der Waals surface area (Å²) in [4.78, 5) is 0. The van der Waals surface area contributed by atoms with Gasteiger partial charge in [0.05, 0.1) is 6.61 Å². The van der Waals surface area contributed by atoms with E-state index in [2.05, 4.69) is 19.1 Å². The Balaban J connectivity index is 1.87. The van der Waals surface area contributed by atoms with Crippen LogP contribution >= 0.6 is 0 Å². The van der Waals surface area contributed by atoms with Gasteiger partial charge in [-0.15, -0.1) is 0 Å². The number of rotatable bonds is 2. The number of ether oxygens (including phenoxy) is 2. The van der Waals surface area contributed by atoms with Crippen LogP contribution in [0.1, 0.15) is 49.3 Å². The van der Waals surface area contributed by atoms with Gasteiger partial charge < -0.3 is 14.6 Å². The molecule has 19 heavy (non-hydrogen) atoms. The standard InChI is InChI=1S/C16H22O3/c1-12-7-3-4-8-13(12)15-14(11-17)18-16(19-15)9-5-2-6-10-16/h3-4,7-8,14-15,17H,2,5-6,9-11H2,1H3/t14-,15-/m0/s1. The van der Waals surface area contributed by atoms with Gasteiger partial charge in [-0.1, -0.05) is 30.7 Å². The molecule has 1 heterocycles. The summed E-state index contributed by atoms with van der Waals surface area (Å²) < 4.78 is 12.4. The van der Waals surface area contributed by atoms with Crippen LogP contribution in [-0.4, -0.2) is 23.6 Å². The summed E-state index contributed by atoms with van der Waals surface area (Å²) in [5.41, 5.74) is 2.34. The summed E-state index contributed by atoms with van der Waals surface area (Å²) in [5, 5.41) is 9.60. The van der Waals surface area contributed by atoms with Gasteiger partial charge in [-0.2, -0.15) is 0 Å². The minimum Gasteiger partial charge on any atom is -0.394 e. The molecule has 0 aromatic heterocycles. The lowest BCUT2D eigenvalue weighted by Crippen LogP contribution is -2.33. The van der Waals surface area contributed by atoms with Crippen molar-refractivity contribution in [3.05, 3.63) is 35.4 Å². The van der Waals surface area contributed by atoms with E-state index >= 15 is 0 Å². The van der Waals surface area contributed by atoms with Gasteiger partial charge >= 0.3 is 0 Å². The molecule has 3 heteroatoms. The first-order valence-electron chi connectivity index (χ1n) is 7.26. The topological polar surface area (TPSA) is 38.7 Å². The van der Waals surface area contributed by atoms with Gasteiger partial charge in [0.25, 0.3) is 0 Å². The van der Waals surface area contributed by atoms with Crippen LogP contribution in [0, 0.1) is 6.92 Å². The van der Waals surface area contributed by atoms with E-state index in [1.54, 1.807) is 0 Å². The quantitative estimate of drug-likeness (QED) is 0.890. The van der Waals surface area contributed by atoms with E-state index in [4.69, 9.17) is 9.47 Å². The molecule has 1 aromatic carbocycles. The lowest BCUT2D eigenvalue weighted by molar-refractivity contribution is -0.196. The lowest BCUT2D eigenvalue weighted by Gasteiger charge is -2.32. The molecule has 0 amide bonds. The third-order valence-corrected chi connectivity index (χ3v) is 4.34. The highest BCUT2D eigenvalue weighted by Crippen LogP contribution is 2.46. The fourth-order valence-electron chi connectivity index (χ4n) is 3.30. The van der Waals surface area contributed by atoms with Crippen LogP contribution in [0.15, 0.2) is 24.3 Å². The van der Waals surface area contributed by atoms with Crippen molar-refractivity contribution in [1.82, 2.24) is 0 Å². The Morgan fingerprint density at radius 2 is 1.89 bits per heavy atom. The molecule has 1 aliphatic carbocycles. The number of benzene rings is 1. The van der Waals surface area contributed by atoms with Gasteiger partial charge in [0, 0.05) is 12.8 Å². The zero-order chi connectivity index (χ0) is 13.3. The molecule has 1 aliphatic heterocycles. The minimum absolute atomic E-state index is 0.0146. The van der Waals surface area contributed by atoms with E-state index in [1.807, 2.05) is 12.1 Å². The van der Waals surface area contributed by atoms with E-state index in [0.29, 0.717) is 0 Å². The molecule has 0 unspecified atom stereocenters. The Hall–Kier alpha value is -0.900. The maximum atomic E-state index is 9.60. The van der Waals surface area contributed by atoms with Crippen molar-refractivity contribution < 1.29 is 14.6 Å². The summed E-state index contributed by atoms with van der Waals surface area (Å²) in [6.07, 6.45) is 5.09. The predicted molar refractivity (Wildman–Crippen MR) is 72.8 cm³/mol. The third-order valence-electron chi connectivity index (χ3n) is 4.34. The van der Waals surface area contributed by atoms with Crippen LogP contribution < -0.4 is 0 Å². The summed E-state index contributed by atoms with van der Waals surface area (Å²) >= 11 is 0. The molecule has 1 spiro atoms. The first kappa shape index (κ1) is 13.1. The highest BCUT2D eigenvalue weighted by atomic mass is 16.8. The van der Waals surface area contributed by atoms with Crippen molar-refractivity contribution in [3.63, 3.8) is 0 Å². The molecule has 1 saturated carbocycles. The van der Waals surface area contributed by atoms with Gasteiger partial charge in [0.1, 0.15) is 12.2 Å². The normalized spacial score (nSPS) is 29.8. The Labute approximate surface area is 114 Å². The van der Waals surface area contributed by atoms with Crippen LogP contribution in [0.2, 0.25) is 0 Å². The second kappa shape index (κ2) is 5.23. The Morgan fingerprint density at radius 1 is 1.16 bits per heavy atom. The average molecular weight is 262 g/mol. The van der Waals surface area contributed by atoms with Gasteiger partial charge in [-0.05, 0) is 30.9 Å². The highest BCUT2D eigenvalue weighted by Gasteiger charge is 2.48. The molecule has 2 fully saturated rings. The molecule has 1 aromatic rings. The van der Waals surface area contributed by atoms with E-state index in [0.717, 1.165) is 31.2 Å². The molecule has 1 N–H and O–H groups in total. The van der Waals surface area contributed by atoms with Gasteiger partial charge in [0.15, 0.2) is 5.79 Å². The average Bonchev–Trinajstić information content (AvgIpc) is 2.78. The van der Waals surface area contributed by atoms with Crippen molar-refractivity contribution in [2.45, 2.75) is 57.0 Å². The second-order valence-corrected chi connectivity index (χ2v) is 5.71. The van der Waals surface area contributed by atoms with E-state index in [9.17, 15) is 5.11 Å². The minimum atomic E-state index is -0.446. The largest absolute Gasteiger partial charge is 0.394 e. The molecule has 0 bridgehead atoms. The smallest absolute Gasteiger partial charge is 0.169 e. The maximum absolute atomic E-state index is 9.60. The van der Waals surface area contributed by atoms with Crippen LogP contribution in [0.25, 0.3) is 0 Å². The predicted octanol–water partition coefficient (Wildman–Crippen LogP) is 3.10. The monoisotopic (exact) mass is 262 g/mol. The van der Waals surface area contributed by atoms with E-state index < -0.39 is 5.79 Å². The molecular weight excluding hydrogens is 240 g/mol. The SMILES string of the molecule is Cc1ccccc1[C@@H]1OC2(CCCCC2)O[C@H]1CO. The number of hydrogen-bond donors (Lipinski definition) is 1. The van der Waals surface area contributed by atoms with Crippen molar-refractivity contribution in [1.29, 1.82) is 0 Å². The second-order valence-electron chi connectivity index (χ2n) is 5.71. The zero-order valence-electron chi connectivity index (χ0n) is 11.5. The third kappa shape index (κ3) is 2.42. The van der Waals surface area contributed by atoms with Crippen molar-refractivity contribution in [3.8, 4) is 0 Å². The van der Waals surface area contributed by atoms with Crippen molar-refractivity contribution >= 4 is 0 Å². The number of hydrogen-bond acceptors (Lipinski definition) is 3. The Kier molecular flexibility index (Phi) is 3.61.